The summed E-state index contributed by atoms with van der Waals surface area (Å²) in [6.07, 6.45) is 4.85. The van der Waals surface area contributed by atoms with Crippen molar-refractivity contribution in [3.8, 4) is 0 Å². The zero-order valence-corrected chi connectivity index (χ0v) is 12.7. The minimum absolute atomic E-state index is 0.113. The van der Waals surface area contributed by atoms with Gasteiger partial charge in [0.2, 0.25) is 0 Å². The predicted octanol–water partition coefficient (Wildman–Crippen LogP) is 1.74. The number of likely N-dealkylation sites (N-methyl/N-ethyl adjacent to an activating group) is 1. The fourth-order valence-electron chi connectivity index (χ4n) is 2.49. The van der Waals surface area contributed by atoms with E-state index >= 15 is 0 Å². The molecule has 2 N–H and O–H groups in total. The first-order valence-corrected chi connectivity index (χ1v) is 7.10. The Balaban J connectivity index is 2.72. The molecule has 0 aliphatic heterocycles. The van der Waals surface area contributed by atoms with Crippen LogP contribution in [-0.4, -0.2) is 54.6 Å². The molecule has 108 valence electrons. The quantitative estimate of drug-likeness (QED) is 0.777. The van der Waals surface area contributed by atoms with Crippen LogP contribution >= 0.6 is 0 Å². The highest BCUT2D eigenvalue weighted by atomic mass is 15.2. The molecule has 0 saturated carbocycles. The fraction of sp³-hybridized carbons (Fsp3) is 0.667. The van der Waals surface area contributed by atoms with Crippen molar-refractivity contribution in [3.63, 3.8) is 0 Å². The Morgan fingerprint density at radius 2 is 1.84 bits per heavy atom. The highest BCUT2D eigenvalue weighted by Crippen LogP contribution is 2.22. The largest absolute Gasteiger partial charge is 0.326 e. The summed E-state index contributed by atoms with van der Waals surface area (Å²) >= 11 is 0. The zero-order chi connectivity index (χ0) is 14.3. The summed E-state index contributed by atoms with van der Waals surface area (Å²) in [5.41, 5.74) is 7.47. The lowest BCUT2D eigenvalue weighted by Gasteiger charge is -2.34. The molecular formula is C15H28N4. The molecule has 0 radical (unpaired) electrons. The Morgan fingerprint density at radius 1 is 1.21 bits per heavy atom. The van der Waals surface area contributed by atoms with Crippen LogP contribution in [0.5, 0.6) is 0 Å². The molecule has 1 aromatic heterocycles. The smallest absolute Gasteiger partial charge is 0.0497 e. The van der Waals surface area contributed by atoms with Gasteiger partial charge in [-0.25, -0.2) is 0 Å². The lowest BCUT2D eigenvalue weighted by Crippen LogP contribution is -2.40. The van der Waals surface area contributed by atoms with Crippen molar-refractivity contribution in [1.29, 1.82) is 0 Å². The summed E-state index contributed by atoms with van der Waals surface area (Å²) in [4.78, 5) is 8.78. The van der Waals surface area contributed by atoms with E-state index < -0.39 is 0 Å². The third-order valence-electron chi connectivity index (χ3n) is 3.40. The van der Waals surface area contributed by atoms with Gasteiger partial charge in [0, 0.05) is 31.0 Å². The number of aromatic nitrogens is 1. The van der Waals surface area contributed by atoms with E-state index in [2.05, 4.69) is 54.9 Å². The van der Waals surface area contributed by atoms with Crippen LogP contribution < -0.4 is 5.73 Å². The van der Waals surface area contributed by atoms with Gasteiger partial charge in [-0.2, -0.15) is 0 Å². The molecule has 0 aliphatic carbocycles. The summed E-state index contributed by atoms with van der Waals surface area (Å²) in [5.74, 6) is 0. The van der Waals surface area contributed by atoms with Crippen LogP contribution in [0.3, 0.4) is 0 Å². The van der Waals surface area contributed by atoms with E-state index in [0.29, 0.717) is 0 Å². The molecule has 0 aromatic carbocycles. The van der Waals surface area contributed by atoms with Crippen molar-refractivity contribution in [2.45, 2.75) is 32.4 Å². The molecule has 19 heavy (non-hydrogen) atoms. The molecule has 2 atom stereocenters. The molecule has 0 saturated heterocycles. The van der Waals surface area contributed by atoms with E-state index in [1.54, 1.807) is 0 Å². The summed E-state index contributed by atoms with van der Waals surface area (Å²) in [5, 5.41) is 0. The maximum Gasteiger partial charge on any atom is 0.0497 e. The van der Waals surface area contributed by atoms with Gasteiger partial charge >= 0.3 is 0 Å². The minimum Gasteiger partial charge on any atom is -0.326 e. The molecule has 0 spiro atoms. The highest BCUT2D eigenvalue weighted by Gasteiger charge is 2.22. The molecule has 0 amide bonds. The van der Waals surface area contributed by atoms with Crippen molar-refractivity contribution in [2.24, 2.45) is 5.73 Å². The summed E-state index contributed by atoms with van der Waals surface area (Å²) in [6.45, 7) is 7.48. The molecule has 4 heteroatoms. The topological polar surface area (TPSA) is 45.4 Å². The highest BCUT2D eigenvalue weighted by molar-refractivity contribution is 5.17. The van der Waals surface area contributed by atoms with Crippen molar-refractivity contribution in [1.82, 2.24) is 14.8 Å². The Morgan fingerprint density at radius 3 is 2.32 bits per heavy atom. The maximum absolute atomic E-state index is 6.20. The van der Waals surface area contributed by atoms with Crippen molar-refractivity contribution in [2.75, 3.05) is 33.7 Å². The first-order valence-electron chi connectivity index (χ1n) is 7.10. The second-order valence-corrected chi connectivity index (χ2v) is 5.37. The Labute approximate surface area is 117 Å². The molecule has 0 aliphatic rings. The standard InChI is InChI=1S/C15H28N4/c1-5-19(12-6-11-18(3)4)15(13(2)16)14-7-9-17-10-8-14/h7-10,13,15H,5-6,11-12,16H2,1-4H3. The van der Waals surface area contributed by atoms with Crippen molar-refractivity contribution in [3.05, 3.63) is 30.1 Å². The molecule has 2 unspecified atom stereocenters. The van der Waals surface area contributed by atoms with Gasteiger partial charge in [-0.15, -0.1) is 0 Å². The minimum atomic E-state index is 0.113. The molecule has 0 fully saturated rings. The number of hydrogen-bond donors (Lipinski definition) is 1. The van der Waals surface area contributed by atoms with Crippen molar-refractivity contribution >= 4 is 0 Å². The molecule has 0 bridgehead atoms. The zero-order valence-electron chi connectivity index (χ0n) is 12.7. The average molecular weight is 264 g/mol. The van der Waals surface area contributed by atoms with Crippen LogP contribution in [0.4, 0.5) is 0 Å². The fourth-order valence-corrected chi connectivity index (χ4v) is 2.49. The van der Waals surface area contributed by atoms with Crippen LogP contribution in [0, 0.1) is 0 Å². The third kappa shape index (κ3) is 5.27. The SMILES string of the molecule is CCN(CCCN(C)C)C(c1ccncc1)C(C)N. The Bertz CT molecular complexity index is 337. The Hall–Kier alpha value is -0.970. The van der Waals surface area contributed by atoms with Crippen LogP contribution in [-0.2, 0) is 0 Å². The van der Waals surface area contributed by atoms with Crippen LogP contribution in [0.2, 0.25) is 0 Å². The maximum atomic E-state index is 6.20. The van der Waals surface area contributed by atoms with Gasteiger partial charge < -0.3 is 10.6 Å². The molecule has 1 heterocycles. The van der Waals surface area contributed by atoms with E-state index in [9.17, 15) is 0 Å². The number of nitrogens with two attached hydrogens (primary N) is 1. The normalized spacial score (nSPS) is 14.9. The van der Waals surface area contributed by atoms with Gasteiger partial charge in [-0.05, 0) is 58.2 Å². The molecule has 1 aromatic rings. The van der Waals surface area contributed by atoms with Gasteiger partial charge in [0.15, 0.2) is 0 Å². The predicted molar refractivity (Wildman–Crippen MR) is 81.0 cm³/mol. The first-order chi connectivity index (χ1) is 9.06. The second kappa shape index (κ2) is 8.25. The lowest BCUT2D eigenvalue weighted by molar-refractivity contribution is 0.177. The Kier molecular flexibility index (Phi) is 6.99. The lowest BCUT2D eigenvalue weighted by atomic mass is 10.00. The first kappa shape index (κ1) is 16.1. The number of pyridine rings is 1. The van der Waals surface area contributed by atoms with Crippen LogP contribution in [0.1, 0.15) is 31.9 Å². The van der Waals surface area contributed by atoms with E-state index in [1.807, 2.05) is 12.4 Å². The summed E-state index contributed by atoms with van der Waals surface area (Å²) in [6, 6.07) is 4.53. The summed E-state index contributed by atoms with van der Waals surface area (Å²) < 4.78 is 0. The molecule has 1 rings (SSSR count). The van der Waals surface area contributed by atoms with Gasteiger partial charge in [0.25, 0.3) is 0 Å². The van der Waals surface area contributed by atoms with Gasteiger partial charge in [0.1, 0.15) is 0 Å². The van der Waals surface area contributed by atoms with E-state index in [0.717, 1.165) is 26.1 Å². The van der Waals surface area contributed by atoms with Crippen LogP contribution in [0.25, 0.3) is 0 Å². The van der Waals surface area contributed by atoms with E-state index in [-0.39, 0.29) is 12.1 Å². The number of hydrogen-bond acceptors (Lipinski definition) is 4. The second-order valence-electron chi connectivity index (χ2n) is 5.37. The van der Waals surface area contributed by atoms with Crippen LogP contribution in [0.15, 0.2) is 24.5 Å². The molecule has 4 nitrogen and oxygen atoms in total. The summed E-state index contributed by atoms with van der Waals surface area (Å²) in [7, 11) is 4.23. The van der Waals surface area contributed by atoms with Gasteiger partial charge in [-0.1, -0.05) is 6.92 Å². The third-order valence-corrected chi connectivity index (χ3v) is 3.40. The van der Waals surface area contributed by atoms with E-state index in [1.165, 1.54) is 5.56 Å². The van der Waals surface area contributed by atoms with Crippen molar-refractivity contribution < 1.29 is 0 Å². The number of nitrogens with zero attached hydrogens (tertiary/aromatic N) is 3. The van der Waals surface area contributed by atoms with Gasteiger partial charge in [0.05, 0.1) is 0 Å². The van der Waals surface area contributed by atoms with E-state index in [4.69, 9.17) is 5.73 Å². The molecular weight excluding hydrogens is 236 g/mol. The number of rotatable bonds is 8. The average Bonchev–Trinajstić information content (AvgIpc) is 2.37. The monoisotopic (exact) mass is 264 g/mol. The van der Waals surface area contributed by atoms with Gasteiger partial charge in [-0.3, -0.25) is 9.88 Å².